The third-order valence-corrected chi connectivity index (χ3v) is 1.63. The minimum atomic E-state index is -0.257. The van der Waals surface area contributed by atoms with Crippen LogP contribution in [0.5, 0.6) is 0 Å². The van der Waals surface area contributed by atoms with Gasteiger partial charge in [-0.1, -0.05) is 13.0 Å². The third kappa shape index (κ3) is 7.53. The van der Waals surface area contributed by atoms with Crippen molar-refractivity contribution in [1.82, 2.24) is 4.90 Å². The molecule has 0 radical (unpaired) electrons. The number of carbonyl (C=O) groups excluding carboxylic acids is 1. The Kier molecular flexibility index (Phi) is 7.30. The molecule has 0 aromatic rings. The largest absolute Gasteiger partial charge is 0.461 e. The lowest BCUT2D eigenvalue weighted by molar-refractivity contribution is -0.138. The number of esters is 1. The lowest BCUT2D eigenvalue weighted by atomic mass is 10.4. The van der Waals surface area contributed by atoms with E-state index in [-0.39, 0.29) is 5.97 Å². The van der Waals surface area contributed by atoms with Gasteiger partial charge in [0.05, 0.1) is 0 Å². The maximum atomic E-state index is 10.9. The van der Waals surface area contributed by atoms with E-state index in [4.69, 9.17) is 4.74 Å². The van der Waals surface area contributed by atoms with Crippen molar-refractivity contribution < 1.29 is 9.53 Å². The number of allylic oxidation sites excluding steroid dienone is 1. The minimum absolute atomic E-state index is 0.257. The van der Waals surface area contributed by atoms with Crippen LogP contribution < -0.4 is 0 Å². The summed E-state index contributed by atoms with van der Waals surface area (Å²) < 4.78 is 4.93. The van der Waals surface area contributed by atoms with Gasteiger partial charge in [-0.3, -0.25) is 0 Å². The molecule has 0 atom stereocenters. The van der Waals surface area contributed by atoms with Gasteiger partial charge >= 0.3 is 5.97 Å². The lowest BCUT2D eigenvalue weighted by Crippen LogP contribution is -2.24. The molecule has 0 saturated heterocycles. The Hall–Kier alpha value is -0.830. The number of rotatable bonds is 6. The highest BCUT2D eigenvalue weighted by Gasteiger charge is 1.98. The molecule has 0 spiro atoms. The van der Waals surface area contributed by atoms with Crippen LogP contribution >= 0.6 is 0 Å². The summed E-state index contributed by atoms with van der Waals surface area (Å²) in [5, 5.41) is 0. The molecule has 0 amide bonds. The zero-order valence-electron chi connectivity index (χ0n) is 8.75. The van der Waals surface area contributed by atoms with Crippen molar-refractivity contribution in [3.8, 4) is 0 Å². The minimum Gasteiger partial charge on any atom is -0.461 e. The van der Waals surface area contributed by atoms with Crippen LogP contribution in [0.4, 0.5) is 0 Å². The van der Waals surface area contributed by atoms with Crippen LogP contribution in [0, 0.1) is 0 Å². The average molecular weight is 185 g/mol. The first-order valence-corrected chi connectivity index (χ1v) is 4.68. The summed E-state index contributed by atoms with van der Waals surface area (Å²) in [5.74, 6) is -0.257. The molecule has 0 aliphatic rings. The second-order valence-corrected chi connectivity index (χ2v) is 2.97. The number of hydrogen-bond donors (Lipinski definition) is 0. The van der Waals surface area contributed by atoms with E-state index in [1.54, 1.807) is 13.0 Å². The highest BCUT2D eigenvalue weighted by molar-refractivity contribution is 5.81. The zero-order valence-corrected chi connectivity index (χ0v) is 8.75. The number of nitrogens with zero attached hydrogens (tertiary/aromatic N) is 1. The van der Waals surface area contributed by atoms with Gasteiger partial charge in [-0.05, 0) is 26.9 Å². The van der Waals surface area contributed by atoms with Crippen molar-refractivity contribution in [2.75, 3.05) is 26.7 Å². The number of carbonyl (C=O) groups is 1. The number of hydrogen-bond acceptors (Lipinski definition) is 3. The van der Waals surface area contributed by atoms with Crippen molar-refractivity contribution >= 4 is 5.97 Å². The topological polar surface area (TPSA) is 29.5 Å². The van der Waals surface area contributed by atoms with Crippen molar-refractivity contribution in [2.45, 2.75) is 20.3 Å². The molecule has 0 saturated carbocycles. The van der Waals surface area contributed by atoms with Gasteiger partial charge in [0.2, 0.25) is 0 Å². The summed E-state index contributed by atoms with van der Waals surface area (Å²) in [6, 6.07) is 0. The van der Waals surface area contributed by atoms with E-state index in [9.17, 15) is 4.79 Å². The quantitative estimate of drug-likeness (QED) is 0.463. The smallest absolute Gasteiger partial charge is 0.330 e. The highest BCUT2D eigenvalue weighted by atomic mass is 16.5. The molecule has 0 unspecified atom stereocenters. The van der Waals surface area contributed by atoms with E-state index in [1.807, 2.05) is 7.05 Å². The highest BCUT2D eigenvalue weighted by Crippen LogP contribution is 1.87. The van der Waals surface area contributed by atoms with Crippen LogP contribution in [-0.4, -0.2) is 37.6 Å². The fourth-order valence-corrected chi connectivity index (χ4v) is 0.980. The van der Waals surface area contributed by atoms with Gasteiger partial charge in [-0.15, -0.1) is 0 Å². The van der Waals surface area contributed by atoms with Gasteiger partial charge < -0.3 is 9.64 Å². The first-order chi connectivity index (χ1) is 6.20. The summed E-state index contributed by atoms with van der Waals surface area (Å²) >= 11 is 0. The first-order valence-electron chi connectivity index (χ1n) is 4.68. The molecule has 3 nitrogen and oxygen atoms in total. The van der Waals surface area contributed by atoms with Gasteiger partial charge in [0, 0.05) is 12.6 Å². The van der Waals surface area contributed by atoms with Crippen LogP contribution in [-0.2, 0) is 9.53 Å². The van der Waals surface area contributed by atoms with Crippen molar-refractivity contribution in [2.24, 2.45) is 0 Å². The van der Waals surface area contributed by atoms with Crippen LogP contribution in [0.25, 0.3) is 0 Å². The molecule has 3 heteroatoms. The van der Waals surface area contributed by atoms with Crippen LogP contribution in [0.15, 0.2) is 12.2 Å². The molecule has 0 heterocycles. The second kappa shape index (κ2) is 7.80. The third-order valence-electron chi connectivity index (χ3n) is 1.63. The van der Waals surface area contributed by atoms with Gasteiger partial charge in [0.25, 0.3) is 0 Å². The molecule has 0 fully saturated rings. The molecule has 0 rings (SSSR count). The van der Waals surface area contributed by atoms with E-state index < -0.39 is 0 Å². The van der Waals surface area contributed by atoms with Crippen molar-refractivity contribution in [3.63, 3.8) is 0 Å². The average Bonchev–Trinajstić information content (AvgIpc) is 2.05. The predicted octanol–water partition coefficient (Wildman–Crippen LogP) is 1.45. The molecule has 0 aromatic heterocycles. The molecule has 0 N–H and O–H groups in total. The summed E-state index contributed by atoms with van der Waals surface area (Å²) in [5.41, 5.74) is 0. The molecular weight excluding hydrogens is 166 g/mol. The van der Waals surface area contributed by atoms with E-state index in [1.165, 1.54) is 6.08 Å². The SMILES string of the molecule is C/C=C\C(=O)OCCN(C)CCC. The molecule has 0 aliphatic heterocycles. The molecule has 13 heavy (non-hydrogen) atoms. The number of likely N-dealkylation sites (N-methyl/N-ethyl adjacent to an activating group) is 1. The van der Waals surface area contributed by atoms with Gasteiger partial charge in [-0.2, -0.15) is 0 Å². The van der Waals surface area contributed by atoms with Gasteiger partial charge in [0.15, 0.2) is 0 Å². The normalized spacial score (nSPS) is 11.1. The van der Waals surface area contributed by atoms with E-state index in [0.717, 1.165) is 19.5 Å². The fraction of sp³-hybridized carbons (Fsp3) is 0.700. The Bertz CT molecular complexity index is 166. The van der Waals surface area contributed by atoms with E-state index >= 15 is 0 Å². The maximum Gasteiger partial charge on any atom is 0.330 e. The molecule has 0 aliphatic carbocycles. The molecule has 0 bridgehead atoms. The maximum absolute atomic E-state index is 10.9. The summed E-state index contributed by atoms with van der Waals surface area (Å²) in [7, 11) is 2.02. The summed E-state index contributed by atoms with van der Waals surface area (Å²) in [6.45, 7) is 6.24. The van der Waals surface area contributed by atoms with Crippen molar-refractivity contribution in [3.05, 3.63) is 12.2 Å². The standard InChI is InChI=1S/C10H19NO2/c1-4-6-10(12)13-9-8-11(3)7-5-2/h4,6H,5,7-9H2,1-3H3/b6-4-. The van der Waals surface area contributed by atoms with Crippen LogP contribution in [0.2, 0.25) is 0 Å². The fourth-order valence-electron chi connectivity index (χ4n) is 0.980. The Morgan fingerprint density at radius 1 is 1.46 bits per heavy atom. The summed E-state index contributed by atoms with van der Waals surface area (Å²) in [4.78, 5) is 13.0. The van der Waals surface area contributed by atoms with Crippen LogP contribution in [0.3, 0.4) is 0 Å². The second-order valence-electron chi connectivity index (χ2n) is 2.97. The van der Waals surface area contributed by atoms with Crippen molar-refractivity contribution in [1.29, 1.82) is 0 Å². The van der Waals surface area contributed by atoms with Crippen LogP contribution in [0.1, 0.15) is 20.3 Å². The van der Waals surface area contributed by atoms with Gasteiger partial charge in [0.1, 0.15) is 6.61 Å². The summed E-state index contributed by atoms with van der Waals surface area (Å²) in [6.07, 6.45) is 4.23. The molecule has 0 aromatic carbocycles. The Balaban J connectivity index is 3.39. The van der Waals surface area contributed by atoms with E-state index in [2.05, 4.69) is 11.8 Å². The Morgan fingerprint density at radius 2 is 2.15 bits per heavy atom. The molecule has 76 valence electrons. The lowest BCUT2D eigenvalue weighted by Gasteiger charge is -2.14. The zero-order chi connectivity index (χ0) is 10.1. The molecular formula is C10H19NO2. The Morgan fingerprint density at radius 3 is 2.69 bits per heavy atom. The first kappa shape index (κ1) is 12.2. The number of ether oxygens (including phenoxy) is 1. The predicted molar refractivity (Wildman–Crippen MR) is 53.6 cm³/mol. The monoisotopic (exact) mass is 185 g/mol. The van der Waals surface area contributed by atoms with Gasteiger partial charge in [-0.25, -0.2) is 4.79 Å². The Labute approximate surface area is 80.4 Å². The van der Waals surface area contributed by atoms with E-state index in [0.29, 0.717) is 6.61 Å².